The molecule has 1 amide bonds. The van der Waals surface area contributed by atoms with Crippen LogP contribution in [0.3, 0.4) is 0 Å². The number of hydrogen-bond acceptors (Lipinski definition) is 3. The van der Waals surface area contributed by atoms with Crippen LogP contribution in [0.4, 0.5) is 0 Å². The Morgan fingerprint density at radius 3 is 2.73 bits per heavy atom. The van der Waals surface area contributed by atoms with Crippen LogP contribution >= 0.6 is 0 Å². The number of ether oxygens (including phenoxy) is 1. The van der Waals surface area contributed by atoms with Crippen molar-refractivity contribution in [1.29, 1.82) is 0 Å². The number of fused-ring (bicyclic) bond motifs is 1. The first-order chi connectivity index (χ1) is 10.6. The number of carboxylic acids is 1. The first kappa shape index (κ1) is 15.0. The normalized spacial score (nSPS) is 18.7. The van der Waals surface area contributed by atoms with Gasteiger partial charge < -0.3 is 14.7 Å². The number of aromatic carboxylic acids is 1. The van der Waals surface area contributed by atoms with Crippen molar-refractivity contribution >= 4 is 11.9 Å². The van der Waals surface area contributed by atoms with Gasteiger partial charge in [-0.3, -0.25) is 4.79 Å². The molecule has 0 spiro atoms. The minimum absolute atomic E-state index is 0.160. The van der Waals surface area contributed by atoms with Gasteiger partial charge >= 0.3 is 5.97 Å². The average molecular weight is 303 g/mol. The summed E-state index contributed by atoms with van der Waals surface area (Å²) in [7, 11) is 0. The number of hydrogen-bond donors (Lipinski definition) is 1. The molecule has 0 unspecified atom stereocenters. The largest absolute Gasteiger partial charge is 0.478 e. The minimum atomic E-state index is -0.929. The van der Waals surface area contributed by atoms with Gasteiger partial charge in [0.1, 0.15) is 0 Å². The van der Waals surface area contributed by atoms with Crippen LogP contribution in [0.2, 0.25) is 0 Å². The zero-order valence-corrected chi connectivity index (χ0v) is 12.8. The molecule has 5 nitrogen and oxygen atoms in total. The molecule has 1 aromatic carbocycles. The average Bonchev–Trinajstić information content (AvgIpc) is 3.32. The number of benzene rings is 1. The number of carbonyl (C=O) groups is 2. The third kappa shape index (κ3) is 2.73. The van der Waals surface area contributed by atoms with Gasteiger partial charge in [-0.25, -0.2) is 4.79 Å². The van der Waals surface area contributed by atoms with Crippen LogP contribution in [0.1, 0.15) is 41.3 Å². The molecular formula is C17H21NO4. The van der Waals surface area contributed by atoms with Crippen molar-refractivity contribution in [3.63, 3.8) is 0 Å². The van der Waals surface area contributed by atoms with Crippen molar-refractivity contribution in [3.05, 3.63) is 34.9 Å². The third-order valence-electron chi connectivity index (χ3n) is 4.64. The standard InChI is InChI=1S/C17H21NO4/c1-2-22-11-17(6-7-17)16(21)18-8-5-12-3-4-13(15(19)20)9-14(12)10-18/h3-4,9H,2,5-8,10-11H2,1H3,(H,19,20). The van der Waals surface area contributed by atoms with Gasteiger partial charge in [0, 0.05) is 19.7 Å². The molecule has 0 bridgehead atoms. The van der Waals surface area contributed by atoms with Crippen LogP contribution < -0.4 is 0 Å². The number of carbonyl (C=O) groups excluding carboxylic acids is 1. The molecule has 22 heavy (non-hydrogen) atoms. The van der Waals surface area contributed by atoms with Gasteiger partial charge in [0.15, 0.2) is 0 Å². The molecule has 0 saturated heterocycles. The highest BCUT2D eigenvalue weighted by Gasteiger charge is 2.52. The molecule has 1 N–H and O–H groups in total. The fraction of sp³-hybridized carbons (Fsp3) is 0.529. The Balaban J connectivity index is 1.75. The lowest BCUT2D eigenvalue weighted by molar-refractivity contribution is -0.140. The first-order valence-electron chi connectivity index (χ1n) is 7.78. The molecule has 1 aliphatic heterocycles. The molecule has 5 heteroatoms. The zero-order chi connectivity index (χ0) is 15.7. The monoisotopic (exact) mass is 303 g/mol. The van der Waals surface area contributed by atoms with E-state index < -0.39 is 5.97 Å². The quantitative estimate of drug-likeness (QED) is 0.904. The van der Waals surface area contributed by atoms with E-state index in [-0.39, 0.29) is 16.9 Å². The summed E-state index contributed by atoms with van der Waals surface area (Å²) in [5.74, 6) is -0.770. The maximum absolute atomic E-state index is 12.7. The van der Waals surface area contributed by atoms with E-state index >= 15 is 0 Å². The van der Waals surface area contributed by atoms with E-state index in [4.69, 9.17) is 9.84 Å². The minimum Gasteiger partial charge on any atom is -0.478 e. The summed E-state index contributed by atoms with van der Waals surface area (Å²) in [6.07, 6.45) is 2.57. The molecule has 1 heterocycles. The lowest BCUT2D eigenvalue weighted by Gasteiger charge is -2.32. The Morgan fingerprint density at radius 1 is 1.32 bits per heavy atom. The maximum atomic E-state index is 12.7. The van der Waals surface area contributed by atoms with Crippen molar-refractivity contribution in [1.82, 2.24) is 4.90 Å². The molecule has 118 valence electrons. The summed E-state index contributed by atoms with van der Waals surface area (Å²) in [6, 6.07) is 5.20. The Kier molecular flexibility index (Phi) is 3.91. The van der Waals surface area contributed by atoms with Crippen LogP contribution in [-0.2, 0) is 22.5 Å². The highest BCUT2D eigenvalue weighted by molar-refractivity contribution is 5.88. The summed E-state index contributed by atoms with van der Waals surface area (Å²) in [4.78, 5) is 25.7. The van der Waals surface area contributed by atoms with Crippen molar-refractivity contribution in [3.8, 4) is 0 Å². The molecule has 0 atom stereocenters. The maximum Gasteiger partial charge on any atom is 0.335 e. The van der Waals surface area contributed by atoms with Gasteiger partial charge in [0.2, 0.25) is 5.91 Å². The second-order valence-electron chi connectivity index (χ2n) is 6.18. The van der Waals surface area contributed by atoms with Gasteiger partial charge in [-0.15, -0.1) is 0 Å². The molecule has 0 radical (unpaired) electrons. The van der Waals surface area contributed by atoms with E-state index in [0.29, 0.717) is 26.3 Å². The van der Waals surface area contributed by atoms with E-state index in [2.05, 4.69) is 0 Å². The number of rotatable bonds is 5. The molecule has 1 saturated carbocycles. The van der Waals surface area contributed by atoms with Gasteiger partial charge in [0.25, 0.3) is 0 Å². The van der Waals surface area contributed by atoms with Crippen molar-refractivity contribution < 1.29 is 19.4 Å². The fourth-order valence-electron chi connectivity index (χ4n) is 3.07. The van der Waals surface area contributed by atoms with Crippen molar-refractivity contribution in [2.45, 2.75) is 32.7 Å². The molecule has 3 rings (SSSR count). The van der Waals surface area contributed by atoms with E-state index in [0.717, 1.165) is 30.4 Å². The molecular weight excluding hydrogens is 282 g/mol. The predicted octanol–water partition coefficient (Wildman–Crippen LogP) is 2.09. The van der Waals surface area contributed by atoms with Gasteiger partial charge in [-0.05, 0) is 49.4 Å². The van der Waals surface area contributed by atoms with E-state index in [9.17, 15) is 9.59 Å². The molecule has 1 fully saturated rings. The van der Waals surface area contributed by atoms with Crippen LogP contribution in [0.15, 0.2) is 18.2 Å². The molecule has 0 aromatic heterocycles. The second kappa shape index (κ2) is 5.72. The van der Waals surface area contributed by atoms with Crippen LogP contribution in [0.25, 0.3) is 0 Å². The number of carboxylic acid groups (broad SMARTS) is 1. The Bertz CT molecular complexity index is 607. The smallest absolute Gasteiger partial charge is 0.335 e. The number of amides is 1. The fourth-order valence-corrected chi connectivity index (χ4v) is 3.07. The second-order valence-corrected chi connectivity index (χ2v) is 6.18. The first-order valence-corrected chi connectivity index (χ1v) is 7.78. The highest BCUT2D eigenvalue weighted by atomic mass is 16.5. The third-order valence-corrected chi connectivity index (χ3v) is 4.64. The Hall–Kier alpha value is -1.88. The summed E-state index contributed by atoms with van der Waals surface area (Å²) in [5.41, 5.74) is 2.05. The summed E-state index contributed by atoms with van der Waals surface area (Å²) < 4.78 is 5.47. The van der Waals surface area contributed by atoms with Crippen LogP contribution in [0.5, 0.6) is 0 Å². The topological polar surface area (TPSA) is 66.8 Å². The Morgan fingerprint density at radius 2 is 2.09 bits per heavy atom. The van der Waals surface area contributed by atoms with Crippen LogP contribution in [-0.4, -0.2) is 41.6 Å². The zero-order valence-electron chi connectivity index (χ0n) is 12.8. The van der Waals surface area contributed by atoms with Gasteiger partial charge in [-0.1, -0.05) is 6.07 Å². The van der Waals surface area contributed by atoms with Crippen molar-refractivity contribution in [2.24, 2.45) is 5.41 Å². The van der Waals surface area contributed by atoms with Gasteiger partial charge in [-0.2, -0.15) is 0 Å². The lowest BCUT2D eigenvalue weighted by atomic mass is 9.95. The SMILES string of the molecule is CCOCC1(C(=O)N2CCc3ccc(C(=O)O)cc3C2)CC1. The van der Waals surface area contributed by atoms with Crippen molar-refractivity contribution in [2.75, 3.05) is 19.8 Å². The number of nitrogens with zero attached hydrogens (tertiary/aromatic N) is 1. The van der Waals surface area contributed by atoms with Gasteiger partial charge in [0.05, 0.1) is 17.6 Å². The molecule has 2 aliphatic rings. The molecule has 1 aliphatic carbocycles. The van der Waals surface area contributed by atoms with Crippen LogP contribution in [0, 0.1) is 5.41 Å². The predicted molar refractivity (Wildman–Crippen MR) is 80.7 cm³/mol. The lowest BCUT2D eigenvalue weighted by Crippen LogP contribution is -2.42. The summed E-state index contributed by atoms with van der Waals surface area (Å²) >= 11 is 0. The highest BCUT2D eigenvalue weighted by Crippen LogP contribution is 2.48. The summed E-state index contributed by atoms with van der Waals surface area (Å²) in [5, 5.41) is 9.10. The van der Waals surface area contributed by atoms with E-state index in [1.165, 1.54) is 0 Å². The summed E-state index contributed by atoms with van der Waals surface area (Å²) in [6.45, 7) is 4.26. The Labute approximate surface area is 129 Å². The van der Waals surface area contributed by atoms with E-state index in [1.807, 2.05) is 17.9 Å². The molecule has 1 aromatic rings. The van der Waals surface area contributed by atoms with E-state index in [1.54, 1.807) is 12.1 Å².